The molecule has 40 valence electrons. The van der Waals surface area contributed by atoms with Crippen LogP contribution in [-0.4, -0.2) is 5.75 Å². The van der Waals surface area contributed by atoms with Gasteiger partial charge in [0.05, 0.1) is 0 Å². The second-order valence-corrected chi connectivity index (χ2v) is 3.32. The summed E-state index contributed by atoms with van der Waals surface area (Å²) in [6, 6.07) is 0. The van der Waals surface area contributed by atoms with Crippen LogP contribution in [0.5, 0.6) is 0 Å². The van der Waals surface area contributed by atoms with E-state index in [1.807, 2.05) is 6.92 Å². The molecule has 0 saturated carbocycles. The zero-order valence-corrected chi connectivity index (χ0v) is 5.50. The third kappa shape index (κ3) is 3.72. The maximum absolute atomic E-state index is 7.77. The summed E-state index contributed by atoms with van der Waals surface area (Å²) in [6.07, 6.45) is 0. The maximum atomic E-state index is 7.77. The molecule has 0 aliphatic rings. The molecular formula is C2H5N3S2. The molecule has 0 rings (SSSR count). The van der Waals surface area contributed by atoms with E-state index in [-0.39, 0.29) is 0 Å². The van der Waals surface area contributed by atoms with Gasteiger partial charge in [-0.1, -0.05) is 6.92 Å². The molecule has 0 bridgehead atoms. The van der Waals surface area contributed by atoms with Crippen LogP contribution in [0.25, 0.3) is 10.4 Å². The first-order chi connectivity index (χ1) is 3.31. The van der Waals surface area contributed by atoms with Gasteiger partial charge in [-0.25, -0.2) is 0 Å². The van der Waals surface area contributed by atoms with Gasteiger partial charge in [-0.3, -0.25) is 0 Å². The highest BCUT2D eigenvalue weighted by Crippen LogP contribution is 1.81. The Morgan fingerprint density at radius 3 is 2.71 bits per heavy atom. The molecule has 0 aliphatic carbocycles. The molecule has 0 spiro atoms. The van der Waals surface area contributed by atoms with Crippen molar-refractivity contribution >= 4 is 20.8 Å². The third-order valence-electron chi connectivity index (χ3n) is 0.375. The Labute approximate surface area is 49.1 Å². The van der Waals surface area contributed by atoms with Crippen LogP contribution >= 0.6 is 0 Å². The van der Waals surface area contributed by atoms with Crippen LogP contribution < -0.4 is 0 Å². The van der Waals surface area contributed by atoms with Crippen LogP contribution in [0.1, 0.15) is 6.92 Å². The minimum atomic E-state index is -0.485. The first-order valence-electron chi connectivity index (χ1n) is 1.75. The van der Waals surface area contributed by atoms with Crippen molar-refractivity contribution in [3.05, 3.63) is 10.4 Å². The van der Waals surface area contributed by atoms with Crippen LogP contribution in [0.15, 0.2) is 4.52 Å². The standard InChI is InChI=1S/C2H5N3S2/c1-2-7(6)5-4-3/h2H2,1H3. The first kappa shape index (κ1) is 6.88. The Bertz CT molecular complexity index is 114. The number of rotatable bonds is 2. The van der Waals surface area contributed by atoms with Gasteiger partial charge in [-0.2, -0.15) is 0 Å². The summed E-state index contributed by atoms with van der Waals surface area (Å²) in [7, 11) is -0.485. The average molecular weight is 135 g/mol. The maximum Gasteiger partial charge on any atom is 0.0111 e. The van der Waals surface area contributed by atoms with Crippen molar-refractivity contribution in [2.24, 2.45) is 4.52 Å². The van der Waals surface area contributed by atoms with Gasteiger partial charge in [0.15, 0.2) is 0 Å². The fraction of sp³-hybridized carbons (Fsp3) is 1.00. The fourth-order valence-electron chi connectivity index (χ4n) is 0.0985. The van der Waals surface area contributed by atoms with E-state index in [0.29, 0.717) is 0 Å². The highest BCUT2D eigenvalue weighted by molar-refractivity contribution is 8.28. The minimum absolute atomic E-state index is 0.485. The zero-order valence-electron chi connectivity index (χ0n) is 3.87. The SMILES string of the molecule is CCS(=S)N=[N+]=[N-]. The molecule has 0 amide bonds. The summed E-state index contributed by atoms with van der Waals surface area (Å²) in [5.74, 6) is 0.763. The van der Waals surface area contributed by atoms with E-state index in [9.17, 15) is 0 Å². The Balaban J connectivity index is 3.58. The minimum Gasteiger partial charge on any atom is -0.0556 e. The second kappa shape index (κ2) is 4.05. The van der Waals surface area contributed by atoms with Gasteiger partial charge in [-0.05, 0) is 30.9 Å². The van der Waals surface area contributed by atoms with Crippen molar-refractivity contribution in [3.63, 3.8) is 0 Å². The second-order valence-electron chi connectivity index (χ2n) is 0.781. The molecular weight excluding hydrogens is 130 g/mol. The first-order valence-corrected chi connectivity index (χ1v) is 4.02. The molecule has 1 unspecified atom stereocenters. The van der Waals surface area contributed by atoms with Gasteiger partial charge < -0.3 is 0 Å². The topological polar surface area (TPSA) is 48.8 Å². The predicted octanol–water partition coefficient (Wildman–Crippen LogP) is 1.31. The number of hydrogen-bond donors (Lipinski definition) is 0. The molecule has 0 aromatic carbocycles. The van der Waals surface area contributed by atoms with Crippen LogP contribution in [0.2, 0.25) is 0 Å². The average Bonchev–Trinajstić information content (AvgIpc) is 1.68. The fourth-order valence-corrected chi connectivity index (χ4v) is 0.385. The van der Waals surface area contributed by atoms with Crippen molar-refractivity contribution in [1.29, 1.82) is 0 Å². The lowest BCUT2D eigenvalue weighted by atomic mass is 11.0. The van der Waals surface area contributed by atoms with Gasteiger partial charge in [0.25, 0.3) is 0 Å². The Hall–Kier alpha value is -0.120. The Morgan fingerprint density at radius 1 is 2.00 bits per heavy atom. The molecule has 7 heavy (non-hydrogen) atoms. The molecule has 0 aromatic heterocycles. The highest BCUT2D eigenvalue weighted by atomic mass is 32.8. The molecule has 0 N–H and O–H groups in total. The summed E-state index contributed by atoms with van der Waals surface area (Å²) in [5.41, 5.74) is 7.77. The lowest BCUT2D eigenvalue weighted by Crippen LogP contribution is -1.79. The predicted molar refractivity (Wildman–Crippen MR) is 34.4 cm³/mol. The normalized spacial score (nSPS) is 12.1. The monoisotopic (exact) mass is 135 g/mol. The summed E-state index contributed by atoms with van der Waals surface area (Å²) in [5, 5.41) is 0. The van der Waals surface area contributed by atoms with Crippen molar-refractivity contribution in [1.82, 2.24) is 0 Å². The van der Waals surface area contributed by atoms with E-state index in [4.69, 9.17) is 5.53 Å². The summed E-state index contributed by atoms with van der Waals surface area (Å²) in [6.45, 7) is 1.89. The summed E-state index contributed by atoms with van der Waals surface area (Å²) < 4.78 is 3.27. The van der Waals surface area contributed by atoms with Crippen molar-refractivity contribution in [3.8, 4) is 0 Å². The van der Waals surface area contributed by atoms with E-state index in [1.54, 1.807) is 0 Å². The lowest BCUT2D eigenvalue weighted by molar-refractivity contribution is 1.51. The molecule has 5 heteroatoms. The molecule has 0 radical (unpaired) electrons. The van der Waals surface area contributed by atoms with Crippen LogP contribution in [-0.2, 0) is 20.8 Å². The quantitative estimate of drug-likeness (QED) is 0.320. The van der Waals surface area contributed by atoms with Crippen LogP contribution in [0, 0.1) is 0 Å². The van der Waals surface area contributed by atoms with E-state index >= 15 is 0 Å². The largest absolute Gasteiger partial charge is 0.0556 e. The zero-order chi connectivity index (χ0) is 5.70. The smallest absolute Gasteiger partial charge is 0.0111 e. The number of nitrogens with zero attached hydrogens (tertiary/aromatic N) is 3. The van der Waals surface area contributed by atoms with E-state index < -0.39 is 9.64 Å². The van der Waals surface area contributed by atoms with Crippen molar-refractivity contribution in [2.75, 3.05) is 5.75 Å². The molecule has 0 saturated heterocycles. The number of hydrogen-bond acceptors (Lipinski definition) is 1. The highest BCUT2D eigenvalue weighted by Gasteiger charge is 1.76. The van der Waals surface area contributed by atoms with Gasteiger partial charge >= 0.3 is 0 Å². The van der Waals surface area contributed by atoms with E-state index in [0.717, 1.165) is 5.75 Å². The number of azide groups is 1. The Kier molecular flexibility index (Phi) is 3.98. The lowest BCUT2D eigenvalue weighted by Gasteiger charge is -1.81. The molecule has 0 aromatic rings. The third-order valence-corrected chi connectivity index (χ3v) is 2.03. The van der Waals surface area contributed by atoms with Gasteiger partial charge in [0, 0.05) is 10.7 Å². The molecule has 1 atom stereocenters. The Morgan fingerprint density at radius 2 is 2.57 bits per heavy atom. The summed E-state index contributed by atoms with van der Waals surface area (Å²) in [4.78, 5) is 2.54. The van der Waals surface area contributed by atoms with Crippen LogP contribution in [0.4, 0.5) is 0 Å². The van der Waals surface area contributed by atoms with Gasteiger partial charge in [0.1, 0.15) is 0 Å². The van der Waals surface area contributed by atoms with Crippen molar-refractivity contribution < 1.29 is 0 Å². The molecule has 3 nitrogen and oxygen atoms in total. The van der Waals surface area contributed by atoms with Gasteiger partial charge in [-0.15, -0.1) is 0 Å². The molecule has 0 aliphatic heterocycles. The molecule has 0 fully saturated rings. The van der Waals surface area contributed by atoms with Gasteiger partial charge in [0.2, 0.25) is 0 Å². The van der Waals surface area contributed by atoms with E-state index in [1.165, 1.54) is 0 Å². The summed E-state index contributed by atoms with van der Waals surface area (Å²) >= 11 is 4.65. The van der Waals surface area contributed by atoms with Crippen LogP contribution in [0.3, 0.4) is 0 Å². The van der Waals surface area contributed by atoms with Crippen molar-refractivity contribution in [2.45, 2.75) is 6.92 Å². The van der Waals surface area contributed by atoms with E-state index in [2.05, 4.69) is 20.6 Å². The molecule has 0 heterocycles.